The predicted octanol–water partition coefficient (Wildman–Crippen LogP) is 6.53. The number of halogens is 6. The van der Waals surface area contributed by atoms with Crippen molar-refractivity contribution in [2.45, 2.75) is 51.3 Å². The summed E-state index contributed by atoms with van der Waals surface area (Å²) in [4.78, 5) is 23.3. The highest BCUT2D eigenvalue weighted by Gasteiger charge is 2.47. The molecule has 0 bridgehead atoms. The van der Waals surface area contributed by atoms with Crippen LogP contribution in [0.15, 0.2) is 52.8 Å². The van der Waals surface area contributed by atoms with E-state index in [1.165, 1.54) is 18.2 Å². The Hall–Kier alpha value is -3.15. The van der Waals surface area contributed by atoms with E-state index in [9.17, 15) is 31.1 Å². The molecule has 3 heterocycles. The molecule has 2 aliphatic heterocycles. The van der Waals surface area contributed by atoms with Gasteiger partial charge >= 0.3 is 6.18 Å². The van der Waals surface area contributed by atoms with Gasteiger partial charge in [-0.15, -0.1) is 11.3 Å². The summed E-state index contributed by atoms with van der Waals surface area (Å²) in [5.41, 5.74) is -0.500. The Morgan fingerprint density at radius 2 is 1.97 bits per heavy atom. The zero-order valence-electron chi connectivity index (χ0n) is 20.7. The van der Waals surface area contributed by atoms with Crippen LogP contribution in [0.1, 0.15) is 41.7 Å². The van der Waals surface area contributed by atoms with Gasteiger partial charge in [0, 0.05) is 19.2 Å². The van der Waals surface area contributed by atoms with E-state index in [-0.39, 0.29) is 24.5 Å². The van der Waals surface area contributed by atoms with Crippen molar-refractivity contribution >= 4 is 23.5 Å². The number of likely N-dealkylation sites (tertiary alicyclic amines) is 1. The molecule has 0 aliphatic carbocycles. The molecule has 1 aromatic carbocycles. The van der Waals surface area contributed by atoms with Crippen molar-refractivity contribution in [3.8, 4) is 10.4 Å². The van der Waals surface area contributed by atoms with Gasteiger partial charge in [0.1, 0.15) is 17.3 Å². The zero-order chi connectivity index (χ0) is 27.7. The number of benzene rings is 1. The second-order valence-corrected chi connectivity index (χ2v) is 10.6. The number of nitrogens with one attached hydrogen (secondary N) is 1. The SMILES string of the molecule is Cc1nc(C(=O)N2CC(F)(F)C[C@@H](C)C2CNC2=C/CC/C=C(C(F)(F)F)/C=N\2)c(-c2cccc(F)c2)s1. The van der Waals surface area contributed by atoms with E-state index < -0.39 is 54.3 Å². The first-order valence-corrected chi connectivity index (χ1v) is 12.8. The van der Waals surface area contributed by atoms with Crippen LogP contribution in [0.25, 0.3) is 10.4 Å². The van der Waals surface area contributed by atoms with Crippen molar-refractivity contribution in [2.24, 2.45) is 10.9 Å². The Bertz CT molecular complexity index is 1280. The molecule has 2 aromatic rings. The number of hydrogen-bond donors (Lipinski definition) is 1. The van der Waals surface area contributed by atoms with E-state index in [0.29, 0.717) is 21.9 Å². The molecule has 0 saturated carbocycles. The minimum absolute atomic E-state index is 0.00432. The number of piperidine rings is 1. The third kappa shape index (κ3) is 6.46. The molecule has 0 spiro atoms. The summed E-state index contributed by atoms with van der Waals surface area (Å²) < 4.78 is 82.6. The Labute approximate surface area is 220 Å². The number of allylic oxidation sites excluding steroid dienone is 3. The van der Waals surface area contributed by atoms with Gasteiger partial charge in [0.05, 0.1) is 28.0 Å². The van der Waals surface area contributed by atoms with Crippen molar-refractivity contribution in [2.75, 3.05) is 13.1 Å². The van der Waals surface area contributed by atoms with E-state index >= 15 is 0 Å². The number of alkyl halides is 5. The van der Waals surface area contributed by atoms with Gasteiger partial charge in [0.15, 0.2) is 0 Å². The molecule has 2 atom stereocenters. The first-order chi connectivity index (χ1) is 17.8. The maximum absolute atomic E-state index is 14.7. The second-order valence-electron chi connectivity index (χ2n) is 9.42. The summed E-state index contributed by atoms with van der Waals surface area (Å²) >= 11 is 1.16. The molecule has 1 N–H and O–H groups in total. The van der Waals surface area contributed by atoms with Crippen molar-refractivity contribution in [1.29, 1.82) is 0 Å². The number of aliphatic imine (C=N–C) groups is 1. The molecule has 1 unspecified atom stereocenters. The second kappa shape index (κ2) is 10.9. The lowest BCUT2D eigenvalue weighted by Crippen LogP contribution is -2.58. The molecule has 0 radical (unpaired) electrons. The predicted molar refractivity (Wildman–Crippen MR) is 134 cm³/mol. The molecule has 4 rings (SSSR count). The number of carbonyl (C=O) groups excluding carboxylic acids is 1. The molecule has 2 aliphatic rings. The van der Waals surface area contributed by atoms with E-state index in [1.54, 1.807) is 26.0 Å². The van der Waals surface area contributed by atoms with Crippen LogP contribution in [-0.2, 0) is 0 Å². The fourth-order valence-corrected chi connectivity index (χ4v) is 5.54. The van der Waals surface area contributed by atoms with Crippen LogP contribution in [0.4, 0.5) is 26.3 Å². The number of amides is 1. The van der Waals surface area contributed by atoms with Gasteiger partial charge in [-0.25, -0.2) is 23.1 Å². The number of rotatable bonds is 5. The topological polar surface area (TPSA) is 57.6 Å². The lowest BCUT2D eigenvalue weighted by molar-refractivity contribution is -0.0913. The smallest absolute Gasteiger partial charge is 0.368 e. The van der Waals surface area contributed by atoms with Gasteiger partial charge in [-0.2, -0.15) is 13.2 Å². The van der Waals surface area contributed by atoms with Crippen molar-refractivity contribution < 1.29 is 31.1 Å². The monoisotopic (exact) mass is 556 g/mol. The van der Waals surface area contributed by atoms with Crippen LogP contribution >= 0.6 is 11.3 Å². The quantitative estimate of drug-likeness (QED) is 0.426. The standard InChI is InChI=1S/C26H26F6N4OS/c1-15-11-25(28,29)14-36(20(15)13-34-21-9-4-3-7-18(12-33-21)26(30,31)32)24(37)22-23(38-16(2)35-22)17-6-5-8-19(27)10-17/h5-10,12,15,20,34H,3-4,11,13-14H2,1-2H3/b18-7-,21-9+,33-12-/t15-,20?/m1/s1. The lowest BCUT2D eigenvalue weighted by Gasteiger charge is -2.43. The van der Waals surface area contributed by atoms with E-state index in [4.69, 9.17) is 0 Å². The molecular weight excluding hydrogens is 530 g/mol. The summed E-state index contributed by atoms with van der Waals surface area (Å²) in [6.45, 7) is 2.42. The maximum atomic E-state index is 14.7. The number of aromatic nitrogens is 1. The van der Waals surface area contributed by atoms with Crippen LogP contribution in [0.2, 0.25) is 0 Å². The minimum atomic E-state index is -4.54. The number of carbonyl (C=O) groups is 1. The zero-order valence-corrected chi connectivity index (χ0v) is 21.5. The summed E-state index contributed by atoms with van der Waals surface area (Å²) in [5.74, 6) is -4.84. The first-order valence-electron chi connectivity index (χ1n) is 12.0. The highest BCUT2D eigenvalue weighted by Crippen LogP contribution is 2.37. The van der Waals surface area contributed by atoms with Crippen LogP contribution in [0.5, 0.6) is 0 Å². The largest absolute Gasteiger partial charge is 0.417 e. The molecule has 12 heteroatoms. The molecule has 5 nitrogen and oxygen atoms in total. The Balaban J connectivity index is 1.60. The van der Waals surface area contributed by atoms with Gasteiger partial charge in [0.2, 0.25) is 0 Å². The van der Waals surface area contributed by atoms with Gasteiger partial charge in [-0.1, -0.05) is 25.1 Å². The molecule has 38 heavy (non-hydrogen) atoms. The summed E-state index contributed by atoms with van der Waals surface area (Å²) in [5, 5.41) is 3.46. The van der Waals surface area contributed by atoms with Gasteiger partial charge in [0.25, 0.3) is 11.8 Å². The molecule has 1 saturated heterocycles. The Morgan fingerprint density at radius 1 is 1.24 bits per heavy atom. The third-order valence-electron chi connectivity index (χ3n) is 6.39. The van der Waals surface area contributed by atoms with Gasteiger partial charge < -0.3 is 10.2 Å². The normalized spacial score (nSPS) is 25.4. The minimum Gasteiger partial charge on any atom is -0.368 e. The van der Waals surface area contributed by atoms with Gasteiger partial charge in [-0.3, -0.25) is 4.79 Å². The first kappa shape index (κ1) is 27.9. The van der Waals surface area contributed by atoms with Crippen LogP contribution in [0, 0.1) is 18.7 Å². The highest BCUT2D eigenvalue weighted by atomic mass is 32.1. The fraction of sp³-hybridized carbons (Fsp3) is 0.423. The Kier molecular flexibility index (Phi) is 8.01. The molecule has 204 valence electrons. The number of nitrogens with zero attached hydrogens (tertiary/aromatic N) is 3. The molecule has 1 aromatic heterocycles. The summed E-state index contributed by atoms with van der Waals surface area (Å²) in [6, 6.07) is 4.89. The van der Waals surface area contributed by atoms with Crippen LogP contribution in [-0.4, -0.2) is 53.2 Å². The average molecular weight is 557 g/mol. The maximum Gasteiger partial charge on any atom is 0.417 e. The van der Waals surface area contributed by atoms with Crippen LogP contribution in [0.3, 0.4) is 0 Å². The average Bonchev–Trinajstić information content (AvgIpc) is 3.19. The number of thiazole rings is 1. The highest BCUT2D eigenvalue weighted by molar-refractivity contribution is 7.15. The van der Waals surface area contributed by atoms with Gasteiger partial charge in [-0.05, 0) is 49.5 Å². The van der Waals surface area contributed by atoms with E-state index in [2.05, 4.69) is 15.3 Å². The lowest BCUT2D eigenvalue weighted by atomic mass is 9.88. The van der Waals surface area contributed by atoms with E-state index in [0.717, 1.165) is 28.5 Å². The molecular formula is C26H26F6N4OS. The number of hydrogen-bond acceptors (Lipinski definition) is 5. The van der Waals surface area contributed by atoms with Crippen molar-refractivity contribution in [3.63, 3.8) is 0 Å². The van der Waals surface area contributed by atoms with E-state index in [1.807, 2.05) is 0 Å². The molecule has 1 amide bonds. The fourth-order valence-electron chi connectivity index (χ4n) is 4.63. The van der Waals surface area contributed by atoms with Crippen molar-refractivity contribution in [1.82, 2.24) is 15.2 Å². The number of aryl methyl sites for hydroxylation is 1. The summed E-state index contributed by atoms with van der Waals surface area (Å²) in [6.07, 6.45) is -1.12. The summed E-state index contributed by atoms with van der Waals surface area (Å²) in [7, 11) is 0. The molecule has 1 fully saturated rings. The van der Waals surface area contributed by atoms with Crippen molar-refractivity contribution in [3.05, 3.63) is 64.3 Å². The Morgan fingerprint density at radius 3 is 2.68 bits per heavy atom. The third-order valence-corrected chi connectivity index (χ3v) is 7.41. The van der Waals surface area contributed by atoms with Crippen LogP contribution < -0.4 is 5.32 Å².